The van der Waals surface area contributed by atoms with Gasteiger partial charge in [-0.2, -0.15) is 0 Å². The van der Waals surface area contributed by atoms with Gasteiger partial charge in [-0.1, -0.05) is 20.3 Å². The minimum atomic E-state index is 0.769. The van der Waals surface area contributed by atoms with Crippen molar-refractivity contribution in [3.05, 3.63) is 0 Å². The summed E-state index contributed by atoms with van der Waals surface area (Å²) in [5.74, 6) is 1.61. The van der Waals surface area contributed by atoms with E-state index in [2.05, 4.69) is 23.6 Å². The van der Waals surface area contributed by atoms with Crippen LogP contribution in [-0.2, 0) is 0 Å². The standard InChI is InChI=1S/C12H25ClN2/c1-3-12(2)11-15-7-4-6-14(8-5-13)9-10-15/h12H,3-11H2,1-2H3. The van der Waals surface area contributed by atoms with E-state index in [1.54, 1.807) is 0 Å². The Labute approximate surface area is 99.6 Å². The smallest absolute Gasteiger partial charge is 0.0351 e. The normalized spacial score (nSPS) is 22.6. The summed E-state index contributed by atoms with van der Waals surface area (Å²) >= 11 is 5.78. The summed E-state index contributed by atoms with van der Waals surface area (Å²) in [6, 6.07) is 0. The number of halogens is 1. The Balaban J connectivity index is 2.26. The van der Waals surface area contributed by atoms with Gasteiger partial charge in [-0.05, 0) is 25.4 Å². The van der Waals surface area contributed by atoms with Gasteiger partial charge in [0, 0.05) is 32.1 Å². The highest BCUT2D eigenvalue weighted by atomic mass is 35.5. The lowest BCUT2D eigenvalue weighted by Crippen LogP contribution is -2.34. The molecule has 2 nitrogen and oxygen atoms in total. The molecular formula is C12H25ClN2. The topological polar surface area (TPSA) is 6.48 Å². The molecule has 3 heteroatoms. The monoisotopic (exact) mass is 232 g/mol. The number of alkyl halides is 1. The molecule has 1 aliphatic heterocycles. The first kappa shape index (κ1) is 13.3. The van der Waals surface area contributed by atoms with Crippen LogP contribution < -0.4 is 0 Å². The Bertz CT molecular complexity index is 164. The fourth-order valence-corrected chi connectivity index (χ4v) is 2.36. The first-order valence-electron chi connectivity index (χ1n) is 6.27. The Kier molecular flexibility index (Phi) is 6.62. The molecular weight excluding hydrogens is 208 g/mol. The second-order valence-corrected chi connectivity index (χ2v) is 5.08. The number of rotatable bonds is 5. The van der Waals surface area contributed by atoms with E-state index in [-0.39, 0.29) is 0 Å². The molecule has 0 saturated carbocycles. The van der Waals surface area contributed by atoms with Crippen molar-refractivity contribution in [1.82, 2.24) is 9.80 Å². The summed E-state index contributed by atoms with van der Waals surface area (Å²) in [5, 5.41) is 0. The minimum absolute atomic E-state index is 0.769. The maximum atomic E-state index is 5.78. The molecule has 0 amide bonds. The number of nitrogens with zero attached hydrogens (tertiary/aromatic N) is 2. The van der Waals surface area contributed by atoms with E-state index >= 15 is 0 Å². The molecule has 90 valence electrons. The number of hydrogen-bond acceptors (Lipinski definition) is 2. The minimum Gasteiger partial charge on any atom is -0.302 e. The van der Waals surface area contributed by atoms with Gasteiger partial charge in [-0.15, -0.1) is 11.6 Å². The van der Waals surface area contributed by atoms with E-state index in [9.17, 15) is 0 Å². The van der Waals surface area contributed by atoms with Gasteiger partial charge < -0.3 is 9.80 Å². The lowest BCUT2D eigenvalue weighted by Gasteiger charge is -2.23. The van der Waals surface area contributed by atoms with Crippen molar-refractivity contribution in [3.8, 4) is 0 Å². The van der Waals surface area contributed by atoms with Crippen LogP contribution in [-0.4, -0.2) is 54.9 Å². The van der Waals surface area contributed by atoms with E-state index in [1.807, 2.05) is 0 Å². The van der Waals surface area contributed by atoms with Gasteiger partial charge in [0.1, 0.15) is 0 Å². The molecule has 1 heterocycles. The zero-order valence-corrected chi connectivity index (χ0v) is 11.0. The zero-order valence-electron chi connectivity index (χ0n) is 10.2. The van der Waals surface area contributed by atoms with E-state index in [1.165, 1.54) is 45.6 Å². The molecule has 0 bridgehead atoms. The van der Waals surface area contributed by atoms with Crippen molar-refractivity contribution in [2.45, 2.75) is 26.7 Å². The van der Waals surface area contributed by atoms with Gasteiger partial charge in [0.2, 0.25) is 0 Å². The quantitative estimate of drug-likeness (QED) is 0.672. The average molecular weight is 233 g/mol. The first-order valence-corrected chi connectivity index (χ1v) is 6.80. The summed E-state index contributed by atoms with van der Waals surface area (Å²) in [7, 11) is 0. The molecule has 1 unspecified atom stereocenters. The molecule has 1 atom stereocenters. The lowest BCUT2D eigenvalue weighted by molar-refractivity contribution is 0.234. The van der Waals surface area contributed by atoms with Crippen molar-refractivity contribution in [3.63, 3.8) is 0 Å². The van der Waals surface area contributed by atoms with E-state index in [0.717, 1.165) is 18.3 Å². The zero-order chi connectivity index (χ0) is 11.1. The summed E-state index contributed by atoms with van der Waals surface area (Å²) < 4.78 is 0. The van der Waals surface area contributed by atoms with Gasteiger partial charge in [0.25, 0.3) is 0 Å². The van der Waals surface area contributed by atoms with Crippen molar-refractivity contribution in [2.75, 3.05) is 45.1 Å². The lowest BCUT2D eigenvalue weighted by atomic mass is 10.1. The van der Waals surface area contributed by atoms with Crippen molar-refractivity contribution in [1.29, 1.82) is 0 Å². The van der Waals surface area contributed by atoms with Crippen LogP contribution in [0.4, 0.5) is 0 Å². The average Bonchev–Trinajstić information content (AvgIpc) is 2.45. The molecule has 15 heavy (non-hydrogen) atoms. The van der Waals surface area contributed by atoms with Crippen LogP contribution in [0.5, 0.6) is 0 Å². The molecule has 1 aliphatic rings. The Morgan fingerprint density at radius 3 is 2.47 bits per heavy atom. The Morgan fingerprint density at radius 2 is 1.80 bits per heavy atom. The third-order valence-corrected chi connectivity index (χ3v) is 3.52. The summed E-state index contributed by atoms with van der Waals surface area (Å²) in [6.45, 7) is 11.9. The predicted octanol–water partition coefficient (Wildman–Crippen LogP) is 2.28. The SMILES string of the molecule is CCC(C)CN1CCCN(CCCl)CC1. The predicted molar refractivity (Wildman–Crippen MR) is 67.7 cm³/mol. The van der Waals surface area contributed by atoms with E-state index in [4.69, 9.17) is 11.6 Å². The third-order valence-electron chi connectivity index (χ3n) is 3.35. The van der Waals surface area contributed by atoms with Gasteiger partial charge in [-0.25, -0.2) is 0 Å². The molecule has 1 fully saturated rings. The van der Waals surface area contributed by atoms with Gasteiger partial charge in [0.05, 0.1) is 0 Å². The molecule has 0 N–H and O–H groups in total. The molecule has 0 aromatic heterocycles. The molecule has 1 saturated heterocycles. The summed E-state index contributed by atoms with van der Waals surface area (Å²) in [4.78, 5) is 5.10. The maximum absolute atomic E-state index is 5.78. The molecule has 0 aliphatic carbocycles. The molecule has 0 spiro atoms. The summed E-state index contributed by atoms with van der Waals surface area (Å²) in [5.41, 5.74) is 0. The van der Waals surface area contributed by atoms with Gasteiger partial charge in [-0.3, -0.25) is 0 Å². The molecule has 1 rings (SSSR count). The highest BCUT2D eigenvalue weighted by Crippen LogP contribution is 2.08. The highest BCUT2D eigenvalue weighted by molar-refractivity contribution is 6.18. The Hall–Kier alpha value is 0.210. The molecule has 0 radical (unpaired) electrons. The second-order valence-electron chi connectivity index (χ2n) is 4.70. The van der Waals surface area contributed by atoms with Crippen molar-refractivity contribution >= 4 is 11.6 Å². The van der Waals surface area contributed by atoms with Crippen molar-refractivity contribution in [2.24, 2.45) is 5.92 Å². The molecule has 0 aromatic rings. The Morgan fingerprint density at radius 1 is 1.13 bits per heavy atom. The van der Waals surface area contributed by atoms with E-state index < -0.39 is 0 Å². The second kappa shape index (κ2) is 7.48. The maximum Gasteiger partial charge on any atom is 0.0351 e. The molecule has 0 aromatic carbocycles. The van der Waals surface area contributed by atoms with E-state index in [0.29, 0.717) is 0 Å². The highest BCUT2D eigenvalue weighted by Gasteiger charge is 2.15. The van der Waals surface area contributed by atoms with Crippen LogP contribution in [0.2, 0.25) is 0 Å². The first-order chi connectivity index (χ1) is 7.26. The van der Waals surface area contributed by atoms with Crippen LogP contribution in [0, 0.1) is 5.92 Å². The van der Waals surface area contributed by atoms with Gasteiger partial charge >= 0.3 is 0 Å². The third kappa shape index (κ3) is 5.19. The van der Waals surface area contributed by atoms with Crippen LogP contribution in [0.3, 0.4) is 0 Å². The summed E-state index contributed by atoms with van der Waals surface area (Å²) in [6.07, 6.45) is 2.59. The fourth-order valence-electron chi connectivity index (χ4n) is 2.12. The van der Waals surface area contributed by atoms with Gasteiger partial charge in [0.15, 0.2) is 0 Å². The largest absolute Gasteiger partial charge is 0.302 e. The number of hydrogen-bond donors (Lipinski definition) is 0. The van der Waals surface area contributed by atoms with Crippen molar-refractivity contribution < 1.29 is 0 Å². The van der Waals surface area contributed by atoms with Crippen LogP contribution in [0.15, 0.2) is 0 Å². The fraction of sp³-hybridized carbons (Fsp3) is 1.00. The van der Waals surface area contributed by atoms with Crippen LogP contribution in [0.1, 0.15) is 26.7 Å². The van der Waals surface area contributed by atoms with Crippen LogP contribution in [0.25, 0.3) is 0 Å². The van der Waals surface area contributed by atoms with Crippen LogP contribution >= 0.6 is 11.6 Å².